The van der Waals surface area contributed by atoms with Crippen LogP contribution in [0.4, 0.5) is 5.69 Å². The van der Waals surface area contributed by atoms with Crippen molar-refractivity contribution in [3.8, 4) is 22.3 Å². The Morgan fingerprint density at radius 2 is 1.07 bits per heavy atom. The lowest BCUT2D eigenvalue weighted by Gasteiger charge is -2.23. The third-order valence-corrected chi connectivity index (χ3v) is 8.92. The summed E-state index contributed by atoms with van der Waals surface area (Å²) in [6.07, 6.45) is 2.34. The van der Waals surface area contributed by atoms with E-state index in [1.54, 1.807) is 0 Å². The summed E-state index contributed by atoms with van der Waals surface area (Å²) in [5.74, 6) is 0. The van der Waals surface area contributed by atoms with Gasteiger partial charge in [-0.25, -0.2) is 0 Å². The van der Waals surface area contributed by atoms with Crippen molar-refractivity contribution in [2.75, 3.05) is 11.9 Å². The Morgan fingerprint density at radius 1 is 0.500 bits per heavy atom. The van der Waals surface area contributed by atoms with Crippen molar-refractivity contribution < 1.29 is 0 Å². The van der Waals surface area contributed by atoms with Crippen molar-refractivity contribution in [1.82, 2.24) is 0 Å². The summed E-state index contributed by atoms with van der Waals surface area (Å²) in [5.41, 5.74) is 12.9. The standard InChI is InChI=1S/C41H31N/c1-26-22-38(27(2)21-37(26)32-24-30-13-5-10-18-39(30)42-25-32)41-35-16-8-6-14-33(35)40(34-15-7-9-17-36(34)41)31-20-19-28-11-3-4-12-29(28)23-31/h3-24,42H,25H2,1-2H3. The molecule has 1 heteroatoms. The normalized spacial score (nSPS) is 12.8. The highest BCUT2D eigenvalue weighted by molar-refractivity contribution is 6.22. The average molecular weight is 538 g/mol. The Bertz CT molecular complexity index is 2160. The molecule has 0 aromatic heterocycles. The number of benzene rings is 7. The van der Waals surface area contributed by atoms with Crippen LogP contribution in [-0.2, 0) is 0 Å². The molecule has 7 aromatic rings. The van der Waals surface area contributed by atoms with Crippen molar-refractivity contribution in [3.63, 3.8) is 0 Å². The van der Waals surface area contributed by atoms with E-state index in [1.807, 2.05) is 0 Å². The van der Waals surface area contributed by atoms with Crippen molar-refractivity contribution in [2.45, 2.75) is 13.8 Å². The van der Waals surface area contributed by atoms with E-state index in [-0.39, 0.29) is 0 Å². The Kier molecular flexibility index (Phi) is 5.72. The fraction of sp³-hybridized carbons (Fsp3) is 0.0732. The highest BCUT2D eigenvalue weighted by Gasteiger charge is 2.20. The number of aryl methyl sites for hydroxylation is 2. The fourth-order valence-corrected chi connectivity index (χ4v) is 6.89. The Morgan fingerprint density at radius 3 is 1.81 bits per heavy atom. The van der Waals surface area contributed by atoms with Crippen LogP contribution in [0.1, 0.15) is 22.3 Å². The summed E-state index contributed by atoms with van der Waals surface area (Å²) in [6, 6.07) is 46.8. The van der Waals surface area contributed by atoms with Crippen molar-refractivity contribution >= 4 is 49.7 Å². The number of anilines is 1. The average Bonchev–Trinajstić information content (AvgIpc) is 3.04. The van der Waals surface area contributed by atoms with Crippen LogP contribution < -0.4 is 5.32 Å². The van der Waals surface area contributed by atoms with E-state index < -0.39 is 0 Å². The summed E-state index contributed by atoms with van der Waals surface area (Å²) in [5, 5.41) is 11.3. The van der Waals surface area contributed by atoms with Crippen LogP contribution in [-0.4, -0.2) is 6.54 Å². The monoisotopic (exact) mass is 537 g/mol. The van der Waals surface area contributed by atoms with E-state index in [9.17, 15) is 0 Å². The molecule has 0 spiro atoms. The molecular formula is C41H31N. The van der Waals surface area contributed by atoms with Crippen LogP contribution in [0.3, 0.4) is 0 Å². The maximum Gasteiger partial charge on any atom is 0.0416 e. The zero-order valence-corrected chi connectivity index (χ0v) is 23.9. The second kappa shape index (κ2) is 9.75. The summed E-state index contributed by atoms with van der Waals surface area (Å²) >= 11 is 0. The second-order valence-corrected chi connectivity index (χ2v) is 11.5. The minimum absolute atomic E-state index is 0.836. The van der Waals surface area contributed by atoms with Gasteiger partial charge in [-0.05, 0) is 114 Å². The lowest BCUT2D eigenvalue weighted by molar-refractivity contribution is 1.28. The van der Waals surface area contributed by atoms with Gasteiger partial charge in [0.25, 0.3) is 0 Å². The molecule has 1 aliphatic rings. The quantitative estimate of drug-likeness (QED) is 0.221. The topological polar surface area (TPSA) is 12.0 Å². The minimum Gasteiger partial charge on any atom is -0.380 e. The second-order valence-electron chi connectivity index (χ2n) is 11.5. The van der Waals surface area contributed by atoms with Gasteiger partial charge in [-0.2, -0.15) is 0 Å². The van der Waals surface area contributed by atoms with Crippen molar-refractivity contribution in [3.05, 3.63) is 150 Å². The highest BCUT2D eigenvalue weighted by Crippen LogP contribution is 2.45. The molecule has 42 heavy (non-hydrogen) atoms. The number of fused-ring (bicyclic) bond motifs is 4. The first-order chi connectivity index (χ1) is 20.7. The van der Waals surface area contributed by atoms with E-state index in [0.717, 1.165) is 6.54 Å². The third kappa shape index (κ3) is 3.93. The molecule has 0 saturated heterocycles. The SMILES string of the molecule is Cc1cc(-c2c3ccccc3c(-c3ccc4ccccc4c3)c3ccccc23)c(C)cc1C1=Cc2ccccc2NC1. The molecular weight excluding hydrogens is 506 g/mol. The molecule has 0 saturated carbocycles. The minimum atomic E-state index is 0.836. The van der Waals surface area contributed by atoms with Crippen molar-refractivity contribution in [2.24, 2.45) is 0 Å². The number of para-hydroxylation sites is 1. The van der Waals surface area contributed by atoms with Gasteiger partial charge >= 0.3 is 0 Å². The van der Waals surface area contributed by atoms with Gasteiger partial charge in [-0.1, -0.05) is 115 Å². The number of hydrogen-bond donors (Lipinski definition) is 1. The summed E-state index contributed by atoms with van der Waals surface area (Å²) < 4.78 is 0. The number of hydrogen-bond acceptors (Lipinski definition) is 1. The first-order valence-electron chi connectivity index (χ1n) is 14.7. The summed E-state index contributed by atoms with van der Waals surface area (Å²) in [4.78, 5) is 0. The molecule has 1 heterocycles. The van der Waals surface area contributed by atoms with Gasteiger partial charge < -0.3 is 5.32 Å². The molecule has 0 atom stereocenters. The zero-order valence-electron chi connectivity index (χ0n) is 23.9. The number of nitrogens with one attached hydrogen (secondary N) is 1. The van der Waals surface area contributed by atoms with E-state index >= 15 is 0 Å². The maximum absolute atomic E-state index is 3.62. The van der Waals surface area contributed by atoms with Crippen LogP contribution in [0.15, 0.2) is 127 Å². The predicted molar refractivity (Wildman–Crippen MR) is 182 cm³/mol. The highest BCUT2D eigenvalue weighted by atomic mass is 14.9. The van der Waals surface area contributed by atoms with Gasteiger partial charge in [-0.15, -0.1) is 0 Å². The molecule has 200 valence electrons. The third-order valence-electron chi connectivity index (χ3n) is 8.92. The molecule has 0 unspecified atom stereocenters. The van der Waals surface area contributed by atoms with Crippen LogP contribution >= 0.6 is 0 Å². The zero-order chi connectivity index (χ0) is 28.2. The molecule has 0 fully saturated rings. The first-order valence-corrected chi connectivity index (χ1v) is 14.7. The molecule has 1 aliphatic heterocycles. The van der Waals surface area contributed by atoms with Gasteiger partial charge in [0.2, 0.25) is 0 Å². The number of rotatable bonds is 3. The molecule has 1 N–H and O–H groups in total. The predicted octanol–water partition coefficient (Wildman–Crippen LogP) is 11.1. The Labute approximate surface area is 246 Å². The van der Waals surface area contributed by atoms with Gasteiger partial charge in [-0.3, -0.25) is 0 Å². The molecule has 1 nitrogen and oxygen atoms in total. The van der Waals surface area contributed by atoms with Crippen LogP contribution in [0, 0.1) is 13.8 Å². The van der Waals surface area contributed by atoms with Gasteiger partial charge in [0.05, 0.1) is 0 Å². The molecule has 0 aliphatic carbocycles. The Hall–Kier alpha value is -5.14. The molecule has 8 rings (SSSR count). The van der Waals surface area contributed by atoms with Crippen molar-refractivity contribution in [1.29, 1.82) is 0 Å². The first kappa shape index (κ1) is 24.6. The lowest BCUT2D eigenvalue weighted by atomic mass is 9.83. The van der Waals surface area contributed by atoms with Gasteiger partial charge in [0.15, 0.2) is 0 Å². The maximum atomic E-state index is 3.62. The van der Waals surface area contributed by atoms with Crippen LogP contribution in [0.5, 0.6) is 0 Å². The van der Waals surface area contributed by atoms with E-state index in [1.165, 1.54) is 88.1 Å². The molecule has 0 bridgehead atoms. The Balaban J connectivity index is 1.37. The smallest absolute Gasteiger partial charge is 0.0416 e. The van der Waals surface area contributed by atoms with Gasteiger partial charge in [0, 0.05) is 12.2 Å². The van der Waals surface area contributed by atoms with E-state index in [0.29, 0.717) is 0 Å². The fourth-order valence-electron chi connectivity index (χ4n) is 6.89. The summed E-state index contributed by atoms with van der Waals surface area (Å²) in [6.45, 7) is 5.36. The van der Waals surface area contributed by atoms with E-state index in [2.05, 4.69) is 153 Å². The summed E-state index contributed by atoms with van der Waals surface area (Å²) in [7, 11) is 0. The molecule has 0 amide bonds. The van der Waals surface area contributed by atoms with Crippen LogP contribution in [0.2, 0.25) is 0 Å². The van der Waals surface area contributed by atoms with E-state index in [4.69, 9.17) is 0 Å². The molecule has 7 aromatic carbocycles. The van der Waals surface area contributed by atoms with Crippen LogP contribution in [0.25, 0.3) is 66.2 Å². The molecule has 0 radical (unpaired) electrons. The lowest BCUT2D eigenvalue weighted by Crippen LogP contribution is -2.10. The largest absolute Gasteiger partial charge is 0.380 e. The van der Waals surface area contributed by atoms with Gasteiger partial charge in [0.1, 0.15) is 0 Å².